The summed E-state index contributed by atoms with van der Waals surface area (Å²) < 4.78 is 0. The van der Waals surface area contributed by atoms with E-state index in [0.29, 0.717) is 11.7 Å². The van der Waals surface area contributed by atoms with Crippen molar-refractivity contribution >= 4 is 17.0 Å². The van der Waals surface area contributed by atoms with Crippen LogP contribution in [0.15, 0.2) is 12.7 Å². The molecule has 1 saturated carbocycles. The topological polar surface area (TPSA) is 92.5 Å². The zero-order valence-corrected chi connectivity index (χ0v) is 9.56. The van der Waals surface area contributed by atoms with Crippen LogP contribution in [0.1, 0.15) is 25.7 Å². The van der Waals surface area contributed by atoms with E-state index in [0.717, 1.165) is 24.2 Å². The summed E-state index contributed by atoms with van der Waals surface area (Å²) >= 11 is 0. The maximum atomic E-state index is 6.11. The first-order valence-electron chi connectivity index (χ1n) is 6.01. The van der Waals surface area contributed by atoms with Crippen molar-refractivity contribution in [2.24, 2.45) is 5.73 Å². The fourth-order valence-corrected chi connectivity index (χ4v) is 2.39. The molecule has 2 aromatic heterocycles. The lowest BCUT2D eigenvalue weighted by molar-refractivity contribution is 0.403. The largest absolute Gasteiger partial charge is 0.364 e. The number of aromatic amines is 1. The second-order valence-electron chi connectivity index (χ2n) is 4.52. The van der Waals surface area contributed by atoms with Gasteiger partial charge in [-0.3, -0.25) is 0 Å². The Kier molecular flexibility index (Phi) is 2.64. The number of hydrogen-bond acceptors (Lipinski definition) is 5. The van der Waals surface area contributed by atoms with E-state index in [1.54, 1.807) is 6.33 Å². The highest BCUT2D eigenvalue weighted by molar-refractivity contribution is 5.82. The molecule has 17 heavy (non-hydrogen) atoms. The third-order valence-corrected chi connectivity index (χ3v) is 3.36. The van der Waals surface area contributed by atoms with Gasteiger partial charge in [0.15, 0.2) is 11.5 Å². The van der Waals surface area contributed by atoms with Crippen LogP contribution < -0.4 is 11.1 Å². The lowest BCUT2D eigenvalue weighted by Crippen LogP contribution is -2.42. The van der Waals surface area contributed by atoms with Crippen LogP contribution in [0.3, 0.4) is 0 Å². The van der Waals surface area contributed by atoms with Crippen LogP contribution in [-0.2, 0) is 0 Å². The Bertz CT molecular complexity index is 507. The van der Waals surface area contributed by atoms with Gasteiger partial charge in [0, 0.05) is 12.1 Å². The maximum Gasteiger partial charge on any atom is 0.182 e. The van der Waals surface area contributed by atoms with Crippen molar-refractivity contribution in [3.8, 4) is 0 Å². The molecule has 6 heteroatoms. The molecule has 1 fully saturated rings. The van der Waals surface area contributed by atoms with Gasteiger partial charge in [0.1, 0.15) is 11.8 Å². The zero-order chi connectivity index (χ0) is 11.7. The quantitative estimate of drug-likeness (QED) is 0.719. The van der Waals surface area contributed by atoms with Gasteiger partial charge < -0.3 is 16.0 Å². The van der Waals surface area contributed by atoms with E-state index < -0.39 is 0 Å². The van der Waals surface area contributed by atoms with Gasteiger partial charge in [-0.05, 0) is 12.8 Å². The van der Waals surface area contributed by atoms with Crippen molar-refractivity contribution in [2.75, 3.05) is 5.32 Å². The van der Waals surface area contributed by atoms with E-state index in [9.17, 15) is 0 Å². The molecule has 0 saturated heterocycles. The summed E-state index contributed by atoms with van der Waals surface area (Å²) in [4.78, 5) is 15.5. The first-order chi connectivity index (χ1) is 8.34. The van der Waals surface area contributed by atoms with Crippen molar-refractivity contribution in [2.45, 2.75) is 37.8 Å². The Labute approximate surface area is 99.1 Å². The number of H-pyrrole nitrogens is 1. The highest BCUT2D eigenvalue weighted by Gasteiger charge is 2.22. The third-order valence-electron chi connectivity index (χ3n) is 3.36. The van der Waals surface area contributed by atoms with E-state index in [2.05, 4.69) is 25.3 Å². The Hall–Kier alpha value is -1.69. The van der Waals surface area contributed by atoms with Crippen molar-refractivity contribution < 1.29 is 0 Å². The number of nitrogens with two attached hydrogens (primary N) is 1. The van der Waals surface area contributed by atoms with Crippen LogP contribution >= 0.6 is 0 Å². The van der Waals surface area contributed by atoms with E-state index in [1.165, 1.54) is 19.2 Å². The van der Waals surface area contributed by atoms with Gasteiger partial charge in [-0.2, -0.15) is 0 Å². The van der Waals surface area contributed by atoms with E-state index >= 15 is 0 Å². The minimum absolute atomic E-state index is 0.205. The summed E-state index contributed by atoms with van der Waals surface area (Å²) in [5.74, 6) is 0.801. The average Bonchev–Trinajstić information content (AvgIpc) is 2.81. The number of imidazole rings is 1. The molecule has 0 amide bonds. The molecule has 4 N–H and O–H groups in total. The maximum absolute atomic E-state index is 6.11. The molecule has 0 aromatic carbocycles. The normalized spacial score (nSPS) is 25.0. The Balaban J connectivity index is 1.86. The molecule has 2 aromatic rings. The van der Waals surface area contributed by atoms with Gasteiger partial charge in [0.25, 0.3) is 0 Å². The minimum Gasteiger partial charge on any atom is -0.364 e. The predicted molar refractivity (Wildman–Crippen MR) is 65.5 cm³/mol. The van der Waals surface area contributed by atoms with Crippen LogP contribution in [0.25, 0.3) is 11.2 Å². The second-order valence-corrected chi connectivity index (χ2v) is 4.52. The standard InChI is InChI=1S/C11H16N6/c12-7-3-1-2-4-8(7)17-11-9-10(14-5-13-9)15-6-16-11/h5-8H,1-4,12H2,(H2,13,14,15,16,17)/t7-,8-/m1/s1. The molecular weight excluding hydrogens is 216 g/mol. The molecular formula is C11H16N6. The lowest BCUT2D eigenvalue weighted by Gasteiger charge is -2.29. The fraction of sp³-hybridized carbons (Fsp3) is 0.545. The van der Waals surface area contributed by atoms with Gasteiger partial charge in [-0.1, -0.05) is 12.8 Å². The van der Waals surface area contributed by atoms with Crippen LogP contribution in [0, 0.1) is 0 Å². The van der Waals surface area contributed by atoms with E-state index in [1.807, 2.05) is 0 Å². The molecule has 0 spiro atoms. The molecule has 0 radical (unpaired) electrons. The highest BCUT2D eigenvalue weighted by atomic mass is 15.1. The number of fused-ring (bicyclic) bond motifs is 1. The van der Waals surface area contributed by atoms with Gasteiger partial charge in [0.2, 0.25) is 0 Å². The first kappa shape index (κ1) is 10.5. The molecule has 2 atom stereocenters. The smallest absolute Gasteiger partial charge is 0.182 e. The Morgan fingerprint density at radius 2 is 2.12 bits per heavy atom. The number of aromatic nitrogens is 4. The average molecular weight is 232 g/mol. The van der Waals surface area contributed by atoms with Crippen LogP contribution in [-0.4, -0.2) is 32.0 Å². The van der Waals surface area contributed by atoms with Gasteiger partial charge in [0.05, 0.1) is 6.33 Å². The minimum atomic E-state index is 0.205. The van der Waals surface area contributed by atoms with Crippen molar-refractivity contribution in [1.29, 1.82) is 0 Å². The summed E-state index contributed by atoms with van der Waals surface area (Å²) in [6, 6.07) is 0.502. The van der Waals surface area contributed by atoms with Crippen molar-refractivity contribution in [1.82, 2.24) is 19.9 Å². The van der Waals surface area contributed by atoms with Crippen LogP contribution in [0.5, 0.6) is 0 Å². The molecule has 6 nitrogen and oxygen atoms in total. The molecule has 3 rings (SSSR count). The summed E-state index contributed by atoms with van der Waals surface area (Å²) in [5, 5.41) is 3.41. The van der Waals surface area contributed by atoms with Crippen molar-refractivity contribution in [3.05, 3.63) is 12.7 Å². The molecule has 0 bridgehead atoms. The van der Waals surface area contributed by atoms with Gasteiger partial charge in [-0.25, -0.2) is 15.0 Å². The summed E-state index contributed by atoms with van der Waals surface area (Å²) in [6.07, 6.45) is 7.78. The molecule has 0 unspecified atom stereocenters. The number of hydrogen-bond donors (Lipinski definition) is 3. The Morgan fingerprint density at radius 3 is 3.00 bits per heavy atom. The molecule has 0 aliphatic heterocycles. The molecule has 1 aliphatic carbocycles. The summed E-state index contributed by atoms with van der Waals surface area (Å²) in [5.41, 5.74) is 7.65. The summed E-state index contributed by atoms with van der Waals surface area (Å²) in [7, 11) is 0. The van der Waals surface area contributed by atoms with Crippen LogP contribution in [0.2, 0.25) is 0 Å². The predicted octanol–water partition coefficient (Wildman–Crippen LogP) is 1.03. The number of rotatable bonds is 2. The molecule has 2 heterocycles. The summed E-state index contributed by atoms with van der Waals surface area (Å²) in [6.45, 7) is 0. The van der Waals surface area contributed by atoms with Gasteiger partial charge >= 0.3 is 0 Å². The monoisotopic (exact) mass is 232 g/mol. The SMILES string of the molecule is N[C@@H]1CCCC[C@H]1Nc1ncnc2nc[nH]c12. The first-order valence-corrected chi connectivity index (χ1v) is 6.01. The highest BCUT2D eigenvalue weighted by Crippen LogP contribution is 2.22. The number of nitrogens with one attached hydrogen (secondary N) is 2. The van der Waals surface area contributed by atoms with E-state index in [-0.39, 0.29) is 6.04 Å². The fourth-order valence-electron chi connectivity index (χ4n) is 2.39. The number of anilines is 1. The van der Waals surface area contributed by atoms with Crippen LogP contribution in [0.4, 0.5) is 5.82 Å². The third kappa shape index (κ3) is 1.95. The zero-order valence-electron chi connectivity index (χ0n) is 9.56. The van der Waals surface area contributed by atoms with Crippen molar-refractivity contribution in [3.63, 3.8) is 0 Å². The molecule has 1 aliphatic rings. The second kappa shape index (κ2) is 4.29. The lowest BCUT2D eigenvalue weighted by atomic mass is 9.91. The number of nitrogens with zero attached hydrogens (tertiary/aromatic N) is 3. The van der Waals surface area contributed by atoms with Gasteiger partial charge in [-0.15, -0.1) is 0 Å². The van der Waals surface area contributed by atoms with E-state index in [4.69, 9.17) is 5.73 Å². The Morgan fingerprint density at radius 1 is 1.24 bits per heavy atom. The molecule has 90 valence electrons.